The van der Waals surface area contributed by atoms with Crippen molar-refractivity contribution in [1.29, 1.82) is 0 Å². The second-order valence-electron chi connectivity index (χ2n) is 5.22. The zero-order chi connectivity index (χ0) is 15.6. The highest BCUT2D eigenvalue weighted by Gasteiger charge is 2.23. The number of nitrogens with zero attached hydrogens (tertiary/aromatic N) is 1. The number of benzene rings is 1. The molecule has 0 radical (unpaired) electrons. The van der Waals surface area contributed by atoms with Gasteiger partial charge in [-0.1, -0.05) is 6.42 Å². The van der Waals surface area contributed by atoms with E-state index in [9.17, 15) is 18.4 Å². The summed E-state index contributed by atoms with van der Waals surface area (Å²) in [5.74, 6) is -3.47. The molecule has 1 aromatic rings. The Balaban J connectivity index is 2.12. The minimum absolute atomic E-state index is 0.258. The minimum Gasteiger partial charge on any atom is -0.478 e. The van der Waals surface area contributed by atoms with E-state index in [1.165, 1.54) is 4.90 Å². The summed E-state index contributed by atoms with van der Waals surface area (Å²) in [7, 11) is 1.58. The summed E-state index contributed by atoms with van der Waals surface area (Å²) in [6.07, 6.45) is 3.26. The molecule has 0 atom stereocenters. The number of halogens is 2. The Morgan fingerprint density at radius 1 is 1.33 bits per heavy atom. The van der Waals surface area contributed by atoms with Gasteiger partial charge in [-0.25, -0.2) is 18.4 Å². The largest absolute Gasteiger partial charge is 0.478 e. The van der Waals surface area contributed by atoms with Gasteiger partial charge in [0.25, 0.3) is 0 Å². The molecule has 1 aliphatic rings. The molecule has 21 heavy (non-hydrogen) atoms. The smallest absolute Gasteiger partial charge is 0.337 e. The SMILES string of the molecule is CN(CC1CCC1)C(=O)Nc1cc(F)c(F)cc1C(=O)O. The summed E-state index contributed by atoms with van der Waals surface area (Å²) in [6.45, 7) is 0.553. The second-order valence-corrected chi connectivity index (χ2v) is 5.22. The van der Waals surface area contributed by atoms with Crippen molar-refractivity contribution in [2.24, 2.45) is 5.92 Å². The van der Waals surface area contributed by atoms with Gasteiger partial charge >= 0.3 is 12.0 Å². The average molecular weight is 298 g/mol. The van der Waals surface area contributed by atoms with Crippen LogP contribution in [0.5, 0.6) is 0 Å². The first kappa shape index (κ1) is 15.2. The molecule has 0 saturated heterocycles. The zero-order valence-corrected chi connectivity index (χ0v) is 11.5. The molecule has 0 aliphatic heterocycles. The molecule has 2 N–H and O–H groups in total. The fraction of sp³-hybridized carbons (Fsp3) is 0.429. The number of carboxylic acid groups (broad SMARTS) is 1. The molecule has 2 amide bonds. The highest BCUT2D eigenvalue weighted by molar-refractivity contribution is 6.00. The van der Waals surface area contributed by atoms with Gasteiger partial charge in [-0.3, -0.25) is 0 Å². The van der Waals surface area contributed by atoms with Crippen molar-refractivity contribution in [2.75, 3.05) is 18.9 Å². The van der Waals surface area contributed by atoms with E-state index >= 15 is 0 Å². The van der Waals surface area contributed by atoms with E-state index in [2.05, 4.69) is 5.32 Å². The molecule has 1 aromatic carbocycles. The summed E-state index contributed by atoms with van der Waals surface area (Å²) < 4.78 is 26.3. The van der Waals surface area contributed by atoms with Crippen molar-refractivity contribution in [3.8, 4) is 0 Å². The van der Waals surface area contributed by atoms with Gasteiger partial charge < -0.3 is 15.3 Å². The summed E-state index contributed by atoms with van der Waals surface area (Å²) in [4.78, 5) is 24.4. The molecule has 7 heteroatoms. The third-order valence-electron chi connectivity index (χ3n) is 3.64. The first-order valence-corrected chi connectivity index (χ1v) is 6.63. The molecule has 1 aliphatic carbocycles. The number of carboxylic acids is 1. The van der Waals surface area contributed by atoms with E-state index in [1.54, 1.807) is 7.05 Å². The number of amides is 2. The summed E-state index contributed by atoms with van der Waals surface area (Å²) >= 11 is 0. The predicted octanol–water partition coefficient (Wildman–Crippen LogP) is 2.93. The lowest BCUT2D eigenvalue weighted by Crippen LogP contribution is -2.37. The van der Waals surface area contributed by atoms with Gasteiger partial charge in [0.15, 0.2) is 11.6 Å². The number of urea groups is 1. The Kier molecular flexibility index (Phi) is 4.40. The van der Waals surface area contributed by atoms with Crippen LogP contribution in [0.25, 0.3) is 0 Å². The van der Waals surface area contributed by atoms with Gasteiger partial charge in [0.2, 0.25) is 0 Å². The maximum atomic E-state index is 13.2. The number of rotatable bonds is 4. The number of anilines is 1. The first-order valence-electron chi connectivity index (χ1n) is 6.63. The van der Waals surface area contributed by atoms with E-state index in [0.717, 1.165) is 19.3 Å². The number of carbonyl (C=O) groups excluding carboxylic acids is 1. The van der Waals surface area contributed by atoms with Crippen LogP contribution in [0.3, 0.4) is 0 Å². The Hall–Kier alpha value is -2.18. The molecule has 2 rings (SSSR count). The van der Waals surface area contributed by atoms with Crippen LogP contribution in [0.4, 0.5) is 19.3 Å². The summed E-state index contributed by atoms with van der Waals surface area (Å²) in [5.41, 5.74) is -0.744. The highest BCUT2D eigenvalue weighted by atomic mass is 19.2. The maximum Gasteiger partial charge on any atom is 0.337 e. The Morgan fingerprint density at radius 3 is 2.48 bits per heavy atom. The van der Waals surface area contributed by atoms with Gasteiger partial charge in [0.05, 0.1) is 11.3 Å². The Morgan fingerprint density at radius 2 is 1.95 bits per heavy atom. The normalized spacial score (nSPS) is 14.4. The molecule has 0 aromatic heterocycles. The third-order valence-corrected chi connectivity index (χ3v) is 3.64. The van der Waals surface area contributed by atoms with Crippen LogP contribution in [-0.2, 0) is 0 Å². The molecule has 0 bridgehead atoms. The van der Waals surface area contributed by atoms with Crippen molar-refractivity contribution in [3.05, 3.63) is 29.3 Å². The van der Waals surface area contributed by atoms with E-state index in [0.29, 0.717) is 24.6 Å². The first-order chi connectivity index (χ1) is 9.88. The molecule has 0 unspecified atom stereocenters. The Bertz CT molecular complexity index is 574. The van der Waals surface area contributed by atoms with Gasteiger partial charge in [0.1, 0.15) is 0 Å². The standard InChI is InChI=1S/C14H16F2N2O3/c1-18(7-8-3-2-4-8)14(21)17-12-6-11(16)10(15)5-9(12)13(19)20/h5-6,8H,2-4,7H2,1H3,(H,17,21)(H,19,20). The van der Waals surface area contributed by atoms with Crippen LogP contribution in [0.1, 0.15) is 29.6 Å². The summed E-state index contributed by atoms with van der Waals surface area (Å²) in [5, 5.41) is 11.3. The molecule has 5 nitrogen and oxygen atoms in total. The minimum atomic E-state index is -1.44. The van der Waals surface area contributed by atoms with Crippen LogP contribution in [0.2, 0.25) is 0 Å². The van der Waals surface area contributed by atoms with E-state index < -0.39 is 29.2 Å². The van der Waals surface area contributed by atoms with E-state index in [4.69, 9.17) is 5.11 Å². The van der Waals surface area contributed by atoms with Crippen LogP contribution >= 0.6 is 0 Å². The highest BCUT2D eigenvalue weighted by Crippen LogP contribution is 2.27. The van der Waals surface area contributed by atoms with Crippen molar-refractivity contribution >= 4 is 17.7 Å². The molecule has 0 heterocycles. The average Bonchev–Trinajstić information content (AvgIpc) is 2.37. The number of hydrogen-bond acceptors (Lipinski definition) is 2. The molecular weight excluding hydrogens is 282 g/mol. The molecule has 1 saturated carbocycles. The van der Waals surface area contributed by atoms with Gasteiger partial charge in [0, 0.05) is 19.7 Å². The van der Waals surface area contributed by atoms with Gasteiger partial charge in [-0.05, 0) is 24.8 Å². The van der Waals surface area contributed by atoms with Crippen LogP contribution in [-0.4, -0.2) is 35.6 Å². The molecule has 114 valence electrons. The Labute approximate surface area is 120 Å². The summed E-state index contributed by atoms with van der Waals surface area (Å²) in [6, 6.07) is 0.683. The lowest BCUT2D eigenvalue weighted by molar-refractivity contribution is 0.0697. The number of nitrogens with one attached hydrogen (secondary N) is 1. The fourth-order valence-corrected chi connectivity index (χ4v) is 2.18. The lowest BCUT2D eigenvalue weighted by atomic mass is 9.85. The second kappa shape index (κ2) is 6.07. The predicted molar refractivity (Wildman–Crippen MR) is 72.3 cm³/mol. The number of carbonyl (C=O) groups is 2. The van der Waals surface area contributed by atoms with Crippen LogP contribution < -0.4 is 5.32 Å². The van der Waals surface area contributed by atoms with Crippen molar-refractivity contribution in [1.82, 2.24) is 4.90 Å². The number of aromatic carboxylic acids is 1. The van der Waals surface area contributed by atoms with Crippen LogP contribution in [0, 0.1) is 17.6 Å². The zero-order valence-electron chi connectivity index (χ0n) is 11.5. The van der Waals surface area contributed by atoms with E-state index in [-0.39, 0.29) is 5.69 Å². The number of hydrogen-bond donors (Lipinski definition) is 2. The molecular formula is C14H16F2N2O3. The van der Waals surface area contributed by atoms with Gasteiger partial charge in [-0.2, -0.15) is 0 Å². The quantitative estimate of drug-likeness (QED) is 0.898. The lowest BCUT2D eigenvalue weighted by Gasteiger charge is -2.30. The fourth-order valence-electron chi connectivity index (χ4n) is 2.18. The van der Waals surface area contributed by atoms with Gasteiger partial charge in [-0.15, -0.1) is 0 Å². The maximum absolute atomic E-state index is 13.2. The van der Waals surface area contributed by atoms with E-state index in [1.807, 2.05) is 0 Å². The van der Waals surface area contributed by atoms with Crippen molar-refractivity contribution < 1.29 is 23.5 Å². The third kappa shape index (κ3) is 3.48. The monoisotopic (exact) mass is 298 g/mol. The van der Waals surface area contributed by atoms with Crippen LogP contribution in [0.15, 0.2) is 12.1 Å². The molecule has 1 fully saturated rings. The van der Waals surface area contributed by atoms with Crippen molar-refractivity contribution in [3.63, 3.8) is 0 Å². The van der Waals surface area contributed by atoms with Crippen molar-refractivity contribution in [2.45, 2.75) is 19.3 Å². The topological polar surface area (TPSA) is 69.6 Å². The molecule has 0 spiro atoms.